The minimum Gasteiger partial charge on any atom is -0.482 e. The van der Waals surface area contributed by atoms with Crippen LogP contribution >= 0.6 is 22.9 Å². The fourth-order valence-corrected chi connectivity index (χ4v) is 6.07. The minimum absolute atomic E-state index is 0.0301. The Morgan fingerprint density at radius 2 is 2.06 bits per heavy atom. The number of anilines is 2. The van der Waals surface area contributed by atoms with Gasteiger partial charge < -0.3 is 15.4 Å². The van der Waals surface area contributed by atoms with Crippen LogP contribution in [0.25, 0.3) is 10.6 Å². The van der Waals surface area contributed by atoms with Crippen molar-refractivity contribution < 1.29 is 22.1 Å². The van der Waals surface area contributed by atoms with Gasteiger partial charge in [-0.3, -0.25) is 0 Å². The van der Waals surface area contributed by atoms with Crippen molar-refractivity contribution >= 4 is 45.6 Å². The number of fused-ring (bicyclic) bond motifs is 2. The van der Waals surface area contributed by atoms with Crippen LogP contribution in [-0.2, 0) is 30.1 Å². The normalized spacial score (nSPS) is 18.1. The lowest BCUT2D eigenvalue weighted by Gasteiger charge is -2.19. The molecular weight excluding hydrogens is 499 g/mol. The lowest BCUT2D eigenvalue weighted by Crippen LogP contribution is -2.23. The molecule has 0 amide bonds. The summed E-state index contributed by atoms with van der Waals surface area (Å²) in [6.45, 7) is 2.16. The van der Waals surface area contributed by atoms with E-state index in [0.717, 1.165) is 41.6 Å². The SMILES string of the molecule is O=S1NCCOc2sc(-c3nc(Nc4cc5c(cc4Cl)CNCC5)ncc3C(F)(F)F)cc21. The molecule has 0 aliphatic carbocycles. The van der Waals surface area contributed by atoms with E-state index >= 15 is 0 Å². The molecule has 0 saturated heterocycles. The average molecular weight is 516 g/mol. The Morgan fingerprint density at radius 3 is 2.88 bits per heavy atom. The largest absolute Gasteiger partial charge is 0.482 e. The molecule has 1 unspecified atom stereocenters. The van der Waals surface area contributed by atoms with Crippen LogP contribution in [0.1, 0.15) is 16.7 Å². The van der Waals surface area contributed by atoms with Gasteiger partial charge in [-0.25, -0.2) is 18.9 Å². The molecule has 5 rings (SSSR count). The van der Waals surface area contributed by atoms with Gasteiger partial charge in [-0.2, -0.15) is 13.2 Å². The lowest BCUT2D eigenvalue weighted by molar-refractivity contribution is -0.137. The first kappa shape index (κ1) is 22.5. The fraction of sp³-hybridized carbons (Fsp3) is 0.300. The summed E-state index contributed by atoms with van der Waals surface area (Å²) in [6.07, 6.45) is -3.13. The Bertz CT molecular complexity index is 1250. The number of halogens is 4. The van der Waals surface area contributed by atoms with Crippen LogP contribution in [0.2, 0.25) is 5.02 Å². The van der Waals surface area contributed by atoms with Crippen LogP contribution in [0, 0.1) is 0 Å². The summed E-state index contributed by atoms with van der Waals surface area (Å²) in [7, 11) is -1.58. The van der Waals surface area contributed by atoms with Crippen molar-refractivity contribution in [2.75, 3.05) is 25.0 Å². The maximum Gasteiger partial charge on any atom is 0.420 e. The molecule has 1 aromatic carbocycles. The van der Waals surface area contributed by atoms with Crippen LogP contribution in [0.15, 0.2) is 29.3 Å². The van der Waals surface area contributed by atoms with Crippen molar-refractivity contribution in [1.29, 1.82) is 0 Å². The molecule has 0 saturated carbocycles. The number of alkyl halides is 3. The Labute approximate surface area is 198 Å². The molecule has 3 aromatic rings. The van der Waals surface area contributed by atoms with Gasteiger partial charge in [0.2, 0.25) is 5.95 Å². The number of benzene rings is 1. The summed E-state index contributed by atoms with van der Waals surface area (Å²) in [6, 6.07) is 5.11. The zero-order valence-electron chi connectivity index (χ0n) is 16.9. The monoisotopic (exact) mass is 515 g/mol. The first-order valence-corrected chi connectivity index (χ1v) is 12.3. The summed E-state index contributed by atoms with van der Waals surface area (Å²) in [5, 5.41) is 6.94. The maximum absolute atomic E-state index is 13.7. The van der Waals surface area contributed by atoms with Gasteiger partial charge in [-0.05, 0) is 42.3 Å². The Hall–Kier alpha value is -2.25. The van der Waals surface area contributed by atoms with Crippen LogP contribution < -0.4 is 20.1 Å². The van der Waals surface area contributed by atoms with Gasteiger partial charge in [0.05, 0.1) is 21.3 Å². The summed E-state index contributed by atoms with van der Waals surface area (Å²) in [5.41, 5.74) is 1.37. The van der Waals surface area contributed by atoms with Gasteiger partial charge in [0, 0.05) is 19.3 Å². The Kier molecular flexibility index (Phi) is 6.04. The molecule has 2 aromatic heterocycles. The smallest absolute Gasteiger partial charge is 0.420 e. The van der Waals surface area contributed by atoms with E-state index in [-0.39, 0.29) is 23.1 Å². The van der Waals surface area contributed by atoms with E-state index in [1.165, 1.54) is 6.07 Å². The number of hydrogen-bond donors (Lipinski definition) is 3. The highest BCUT2D eigenvalue weighted by molar-refractivity contribution is 7.83. The second kappa shape index (κ2) is 8.84. The minimum atomic E-state index is -4.68. The highest BCUT2D eigenvalue weighted by Gasteiger charge is 2.36. The molecule has 3 N–H and O–H groups in total. The van der Waals surface area contributed by atoms with Crippen molar-refractivity contribution in [3.8, 4) is 15.6 Å². The third-order valence-electron chi connectivity index (χ3n) is 5.18. The van der Waals surface area contributed by atoms with E-state index in [0.29, 0.717) is 33.8 Å². The Morgan fingerprint density at radius 1 is 1.21 bits per heavy atom. The van der Waals surface area contributed by atoms with Gasteiger partial charge in [0.1, 0.15) is 28.1 Å². The first-order valence-electron chi connectivity index (χ1n) is 9.95. The predicted molar refractivity (Wildman–Crippen MR) is 120 cm³/mol. The zero-order chi connectivity index (χ0) is 23.2. The summed E-state index contributed by atoms with van der Waals surface area (Å²) in [4.78, 5) is 8.52. The molecule has 33 heavy (non-hydrogen) atoms. The van der Waals surface area contributed by atoms with E-state index in [2.05, 4.69) is 25.3 Å². The molecular formula is C20H17ClF3N5O2S2. The third kappa shape index (κ3) is 4.58. The molecule has 7 nitrogen and oxygen atoms in total. The molecule has 0 fully saturated rings. The lowest BCUT2D eigenvalue weighted by atomic mass is 10.0. The molecule has 0 bridgehead atoms. The van der Waals surface area contributed by atoms with Crippen LogP contribution in [0.3, 0.4) is 0 Å². The molecule has 4 heterocycles. The quantitative estimate of drug-likeness (QED) is 0.483. The number of thiophene rings is 1. The van der Waals surface area contributed by atoms with Gasteiger partial charge >= 0.3 is 6.18 Å². The van der Waals surface area contributed by atoms with Gasteiger partial charge in [0.15, 0.2) is 5.06 Å². The van der Waals surface area contributed by atoms with Crippen molar-refractivity contribution in [1.82, 2.24) is 20.0 Å². The molecule has 2 aliphatic rings. The van der Waals surface area contributed by atoms with Gasteiger partial charge in [-0.1, -0.05) is 22.9 Å². The standard InChI is InChI=1S/C20H17ClF3N5O2S2/c21-13-5-11-8-25-2-1-10(11)6-14(13)28-19-26-9-12(20(22,23)24)17(29-19)15-7-16-18(32-15)31-4-3-27-33(16)30/h5-7,9,25,27H,1-4,8H2,(H,26,28,29). The van der Waals surface area contributed by atoms with Gasteiger partial charge in [0.25, 0.3) is 0 Å². The summed E-state index contributed by atoms with van der Waals surface area (Å²) < 4.78 is 61.9. The predicted octanol–water partition coefficient (Wildman–Crippen LogP) is 4.27. The molecule has 0 radical (unpaired) electrons. The van der Waals surface area contributed by atoms with Crippen LogP contribution in [0.5, 0.6) is 5.06 Å². The molecule has 174 valence electrons. The van der Waals surface area contributed by atoms with E-state index in [9.17, 15) is 17.4 Å². The molecule has 1 atom stereocenters. The van der Waals surface area contributed by atoms with Crippen molar-refractivity contribution in [3.05, 3.63) is 46.1 Å². The van der Waals surface area contributed by atoms with Crippen molar-refractivity contribution in [2.24, 2.45) is 0 Å². The van der Waals surface area contributed by atoms with E-state index < -0.39 is 22.7 Å². The number of aromatic nitrogens is 2. The second-order valence-electron chi connectivity index (χ2n) is 7.38. The van der Waals surface area contributed by atoms with E-state index in [1.807, 2.05) is 12.1 Å². The zero-order valence-corrected chi connectivity index (χ0v) is 19.3. The number of nitrogens with zero attached hydrogens (tertiary/aromatic N) is 2. The summed E-state index contributed by atoms with van der Waals surface area (Å²) in [5.74, 6) is -0.0301. The number of nitrogens with one attached hydrogen (secondary N) is 3. The average Bonchev–Trinajstić information content (AvgIpc) is 3.13. The summed E-state index contributed by atoms with van der Waals surface area (Å²) >= 11 is 7.36. The molecule has 13 heteroatoms. The topological polar surface area (TPSA) is 88.2 Å². The van der Waals surface area contributed by atoms with Crippen LogP contribution in [-0.4, -0.2) is 33.9 Å². The number of ether oxygens (including phenoxy) is 1. The number of hydrogen-bond acceptors (Lipinski definition) is 7. The third-order valence-corrected chi connectivity index (χ3v) is 7.85. The van der Waals surface area contributed by atoms with Crippen molar-refractivity contribution in [2.45, 2.75) is 24.0 Å². The maximum atomic E-state index is 13.7. The molecule has 0 spiro atoms. The fourth-order valence-electron chi connectivity index (χ4n) is 3.62. The molecule has 2 aliphatic heterocycles. The second-order valence-corrected chi connectivity index (χ2v) is 10.1. The Balaban J connectivity index is 1.55. The highest BCUT2D eigenvalue weighted by atomic mass is 35.5. The van der Waals surface area contributed by atoms with E-state index in [1.54, 1.807) is 0 Å². The highest BCUT2D eigenvalue weighted by Crippen LogP contribution is 2.44. The first-order chi connectivity index (χ1) is 15.8. The van der Waals surface area contributed by atoms with Gasteiger partial charge in [-0.15, -0.1) is 0 Å². The van der Waals surface area contributed by atoms with Crippen molar-refractivity contribution in [3.63, 3.8) is 0 Å². The van der Waals surface area contributed by atoms with Crippen LogP contribution in [0.4, 0.5) is 24.8 Å². The van der Waals surface area contributed by atoms with E-state index in [4.69, 9.17) is 16.3 Å². The number of rotatable bonds is 3.